The van der Waals surface area contributed by atoms with E-state index < -0.39 is 17.7 Å². The van der Waals surface area contributed by atoms with Crippen molar-refractivity contribution in [3.8, 4) is 11.5 Å². The van der Waals surface area contributed by atoms with Crippen molar-refractivity contribution in [1.82, 2.24) is 10.2 Å². The van der Waals surface area contributed by atoms with Gasteiger partial charge < -0.3 is 14.6 Å². The highest BCUT2D eigenvalue weighted by atomic mass is 32.2. The molecule has 1 fully saturated rings. The van der Waals surface area contributed by atoms with Gasteiger partial charge in [0.25, 0.3) is 5.78 Å². The molecule has 1 N–H and O–H groups in total. The van der Waals surface area contributed by atoms with E-state index in [0.29, 0.717) is 45.9 Å². The lowest BCUT2D eigenvalue weighted by molar-refractivity contribution is -0.132. The Bertz CT molecular complexity index is 1540. The molecular formula is C28H21N3O5S2. The maximum atomic E-state index is 13.4. The zero-order chi connectivity index (χ0) is 26.1. The van der Waals surface area contributed by atoms with Crippen LogP contribution >= 0.6 is 23.1 Å². The number of aromatic nitrogens is 2. The second-order valence-electron chi connectivity index (χ2n) is 8.56. The standard InChI is InChI=1S/C28H21N3O5S2/c32-24(19-11-12-20-21(15-19)36-14-13-35-20)22-23(18-9-5-2-6-10-18)31(26(34)25(22)33)27-29-30-28(38-27)37-16-17-7-3-1-4-8-17/h1-12,15,23,32H,13-14,16H2/b24-22+. The number of fused-ring (bicyclic) bond motifs is 1. The third-order valence-electron chi connectivity index (χ3n) is 6.18. The molecule has 0 saturated carbocycles. The number of thioether (sulfide) groups is 1. The van der Waals surface area contributed by atoms with Crippen molar-refractivity contribution < 1.29 is 24.2 Å². The fourth-order valence-electron chi connectivity index (χ4n) is 4.40. The molecule has 0 aliphatic carbocycles. The molecule has 4 aromatic rings. The fourth-order valence-corrected chi connectivity index (χ4v) is 6.23. The largest absolute Gasteiger partial charge is 0.507 e. The summed E-state index contributed by atoms with van der Waals surface area (Å²) >= 11 is 2.74. The molecule has 6 rings (SSSR count). The molecule has 0 radical (unpaired) electrons. The van der Waals surface area contributed by atoms with Crippen LogP contribution in [0.2, 0.25) is 0 Å². The van der Waals surface area contributed by atoms with Gasteiger partial charge in [0, 0.05) is 11.3 Å². The molecule has 8 nitrogen and oxygen atoms in total. The Kier molecular flexibility index (Phi) is 6.57. The van der Waals surface area contributed by atoms with Crippen LogP contribution in [0.5, 0.6) is 11.5 Å². The van der Waals surface area contributed by atoms with E-state index in [0.717, 1.165) is 5.56 Å². The number of carbonyl (C=O) groups is 2. The average Bonchev–Trinajstić information content (AvgIpc) is 3.54. The molecule has 1 amide bonds. The van der Waals surface area contributed by atoms with Crippen LogP contribution in [-0.4, -0.2) is 40.2 Å². The molecule has 3 aromatic carbocycles. The highest BCUT2D eigenvalue weighted by Crippen LogP contribution is 2.44. The first-order chi connectivity index (χ1) is 18.6. The van der Waals surface area contributed by atoms with Gasteiger partial charge in [0.15, 0.2) is 15.8 Å². The van der Waals surface area contributed by atoms with Gasteiger partial charge in [0.2, 0.25) is 5.13 Å². The third-order valence-corrected chi connectivity index (χ3v) is 8.31. The molecular weight excluding hydrogens is 522 g/mol. The number of ether oxygens (including phenoxy) is 2. The summed E-state index contributed by atoms with van der Waals surface area (Å²) in [6, 6.07) is 23.1. The smallest absolute Gasteiger partial charge is 0.301 e. The number of aliphatic hydroxyl groups excluding tert-OH is 1. The molecule has 38 heavy (non-hydrogen) atoms. The van der Waals surface area contributed by atoms with Crippen molar-refractivity contribution in [2.24, 2.45) is 0 Å². The van der Waals surface area contributed by atoms with Gasteiger partial charge in [-0.3, -0.25) is 14.5 Å². The summed E-state index contributed by atoms with van der Waals surface area (Å²) in [6.07, 6.45) is 0. The van der Waals surface area contributed by atoms with E-state index in [2.05, 4.69) is 10.2 Å². The summed E-state index contributed by atoms with van der Waals surface area (Å²) < 4.78 is 11.9. The molecule has 1 unspecified atom stereocenters. The van der Waals surface area contributed by atoms with Gasteiger partial charge in [-0.2, -0.15) is 0 Å². The van der Waals surface area contributed by atoms with E-state index in [-0.39, 0.29) is 16.5 Å². The quantitative estimate of drug-likeness (QED) is 0.116. The number of anilines is 1. The number of ketones is 1. The molecule has 1 aromatic heterocycles. The molecule has 1 atom stereocenters. The summed E-state index contributed by atoms with van der Waals surface area (Å²) in [7, 11) is 0. The van der Waals surface area contributed by atoms with Crippen molar-refractivity contribution >= 4 is 45.7 Å². The van der Waals surface area contributed by atoms with Crippen molar-refractivity contribution in [2.45, 2.75) is 16.1 Å². The topological polar surface area (TPSA) is 102 Å². The molecule has 2 aliphatic rings. The van der Waals surface area contributed by atoms with Crippen LogP contribution in [0.1, 0.15) is 22.7 Å². The van der Waals surface area contributed by atoms with Crippen LogP contribution in [0.25, 0.3) is 5.76 Å². The van der Waals surface area contributed by atoms with E-state index in [1.54, 1.807) is 18.2 Å². The number of benzene rings is 3. The Morgan fingerprint density at radius 3 is 2.42 bits per heavy atom. The normalized spacial score (nSPS) is 18.1. The van der Waals surface area contributed by atoms with Crippen molar-refractivity contribution in [1.29, 1.82) is 0 Å². The Hall–Kier alpha value is -4.15. The number of aliphatic hydroxyl groups is 1. The molecule has 10 heteroatoms. The minimum Gasteiger partial charge on any atom is -0.507 e. The highest BCUT2D eigenvalue weighted by Gasteiger charge is 2.48. The van der Waals surface area contributed by atoms with Gasteiger partial charge in [-0.25, -0.2) is 0 Å². The van der Waals surface area contributed by atoms with Crippen LogP contribution in [-0.2, 0) is 15.3 Å². The maximum absolute atomic E-state index is 13.4. The van der Waals surface area contributed by atoms with E-state index >= 15 is 0 Å². The van der Waals surface area contributed by atoms with Crippen LogP contribution in [0, 0.1) is 0 Å². The Morgan fingerprint density at radius 1 is 0.947 bits per heavy atom. The number of amides is 1. The van der Waals surface area contributed by atoms with Crippen molar-refractivity contribution in [3.63, 3.8) is 0 Å². The Balaban J connectivity index is 1.38. The molecule has 1 saturated heterocycles. The van der Waals surface area contributed by atoms with Crippen molar-refractivity contribution in [2.75, 3.05) is 18.1 Å². The van der Waals surface area contributed by atoms with Crippen LogP contribution < -0.4 is 14.4 Å². The Morgan fingerprint density at radius 2 is 1.66 bits per heavy atom. The number of Topliss-reactive ketones (excluding diaryl/α,β-unsaturated/α-hetero) is 1. The summed E-state index contributed by atoms with van der Waals surface area (Å²) in [4.78, 5) is 28.1. The lowest BCUT2D eigenvalue weighted by Crippen LogP contribution is -2.29. The number of nitrogens with zero attached hydrogens (tertiary/aromatic N) is 3. The number of carbonyl (C=O) groups excluding carboxylic acids is 2. The number of hydrogen-bond donors (Lipinski definition) is 1. The van der Waals surface area contributed by atoms with E-state index in [1.165, 1.54) is 28.0 Å². The second kappa shape index (κ2) is 10.3. The van der Waals surface area contributed by atoms with Gasteiger partial charge in [-0.05, 0) is 29.3 Å². The van der Waals surface area contributed by atoms with Gasteiger partial charge in [0.05, 0.1) is 11.6 Å². The first-order valence-electron chi connectivity index (χ1n) is 11.9. The minimum absolute atomic E-state index is 0.0217. The zero-order valence-corrected chi connectivity index (χ0v) is 21.6. The summed E-state index contributed by atoms with van der Waals surface area (Å²) in [5, 5.41) is 20.2. The highest BCUT2D eigenvalue weighted by molar-refractivity contribution is 8.00. The molecule has 3 heterocycles. The predicted molar refractivity (Wildman–Crippen MR) is 145 cm³/mol. The van der Waals surface area contributed by atoms with Gasteiger partial charge in [-0.1, -0.05) is 83.8 Å². The SMILES string of the molecule is O=C1C(=O)N(c2nnc(SCc3ccccc3)s2)C(c2ccccc2)/C1=C(\O)c1ccc2c(c1)OCCO2. The van der Waals surface area contributed by atoms with Crippen LogP contribution in [0.3, 0.4) is 0 Å². The zero-order valence-electron chi connectivity index (χ0n) is 19.9. The second-order valence-corrected chi connectivity index (χ2v) is 10.7. The average molecular weight is 544 g/mol. The first kappa shape index (κ1) is 24.2. The number of rotatable bonds is 6. The fraction of sp³-hybridized carbons (Fsp3) is 0.143. The minimum atomic E-state index is -0.871. The van der Waals surface area contributed by atoms with E-state index in [1.807, 2.05) is 60.7 Å². The van der Waals surface area contributed by atoms with Crippen LogP contribution in [0.15, 0.2) is 88.8 Å². The number of hydrogen-bond acceptors (Lipinski definition) is 9. The molecule has 0 bridgehead atoms. The molecule has 2 aliphatic heterocycles. The molecule has 190 valence electrons. The lowest BCUT2D eigenvalue weighted by Gasteiger charge is -2.23. The Labute approximate surface area is 226 Å². The maximum Gasteiger partial charge on any atom is 0.301 e. The van der Waals surface area contributed by atoms with Crippen LogP contribution in [0.4, 0.5) is 5.13 Å². The summed E-state index contributed by atoms with van der Waals surface area (Å²) in [5.74, 6) is -0.133. The van der Waals surface area contributed by atoms with Crippen molar-refractivity contribution in [3.05, 3.63) is 101 Å². The van der Waals surface area contributed by atoms with Gasteiger partial charge in [0.1, 0.15) is 19.0 Å². The molecule has 0 spiro atoms. The monoisotopic (exact) mass is 543 g/mol. The van der Waals surface area contributed by atoms with Gasteiger partial charge >= 0.3 is 5.91 Å². The van der Waals surface area contributed by atoms with E-state index in [4.69, 9.17) is 9.47 Å². The summed E-state index contributed by atoms with van der Waals surface area (Å²) in [6.45, 7) is 0.818. The van der Waals surface area contributed by atoms with Gasteiger partial charge in [-0.15, -0.1) is 10.2 Å². The first-order valence-corrected chi connectivity index (χ1v) is 13.7. The lowest BCUT2D eigenvalue weighted by atomic mass is 9.95. The summed E-state index contributed by atoms with van der Waals surface area (Å²) in [5.41, 5.74) is 2.13. The van der Waals surface area contributed by atoms with E-state index in [9.17, 15) is 14.7 Å². The third kappa shape index (κ3) is 4.52. The predicted octanol–water partition coefficient (Wildman–Crippen LogP) is 5.23.